The third-order valence-corrected chi connectivity index (χ3v) is 6.71. The monoisotopic (exact) mass is 538 g/mol. The Bertz CT molecular complexity index is 1080. The number of aliphatic imine (C=N–C) groups is 1. The second-order valence-corrected chi connectivity index (χ2v) is 10.5. The second kappa shape index (κ2) is 15.9. The molecule has 1 saturated heterocycles. The van der Waals surface area contributed by atoms with Crippen LogP contribution in [0.2, 0.25) is 0 Å². The summed E-state index contributed by atoms with van der Waals surface area (Å²) in [4.78, 5) is 17.5. The Balaban J connectivity index is 0.00000170. The number of pyridine rings is 1. The van der Waals surface area contributed by atoms with Crippen molar-refractivity contribution in [3.05, 3.63) is 53.8 Å². The Morgan fingerprint density at radius 3 is 2.49 bits per heavy atom. The summed E-state index contributed by atoms with van der Waals surface area (Å²) in [5, 5.41) is 12.7. The topological polar surface area (TPSA) is 74.0 Å². The number of aromatic nitrogens is 1. The van der Waals surface area contributed by atoms with Crippen LogP contribution in [-0.4, -0.2) is 80.5 Å². The van der Waals surface area contributed by atoms with Crippen LogP contribution in [0.4, 0.5) is 16.0 Å². The quantitative estimate of drug-likeness (QED) is 0.450. The van der Waals surface area contributed by atoms with Gasteiger partial charge in [0.1, 0.15) is 17.7 Å². The van der Waals surface area contributed by atoms with Gasteiger partial charge in [0.2, 0.25) is 0 Å². The van der Waals surface area contributed by atoms with Gasteiger partial charge in [-0.2, -0.15) is 5.26 Å². The molecule has 1 aromatic heterocycles. The van der Waals surface area contributed by atoms with E-state index in [4.69, 9.17) is 0 Å². The molecular weight excluding hydrogens is 491 g/mol. The van der Waals surface area contributed by atoms with Crippen LogP contribution in [0.5, 0.6) is 0 Å². The van der Waals surface area contributed by atoms with Gasteiger partial charge in [0, 0.05) is 70.3 Å². The largest absolute Gasteiger partial charge is 0.373 e. The van der Waals surface area contributed by atoms with Gasteiger partial charge in [0.05, 0.1) is 5.56 Å². The summed E-state index contributed by atoms with van der Waals surface area (Å²) in [6.07, 6.45) is 7.70. The van der Waals surface area contributed by atoms with E-state index in [1.807, 2.05) is 18.0 Å². The number of anilines is 2. The number of nitriles is 1. The van der Waals surface area contributed by atoms with E-state index >= 15 is 4.39 Å². The lowest BCUT2D eigenvalue weighted by atomic mass is 10.1. The second-order valence-electron chi connectivity index (χ2n) is 10.5. The van der Waals surface area contributed by atoms with Crippen LogP contribution in [0, 0.1) is 23.1 Å². The summed E-state index contributed by atoms with van der Waals surface area (Å²) in [6, 6.07) is 3.45. The van der Waals surface area contributed by atoms with Crippen LogP contribution in [0.25, 0.3) is 0 Å². The first kappa shape index (κ1) is 31.8. The Morgan fingerprint density at radius 1 is 1.23 bits per heavy atom. The molecule has 0 aromatic carbocycles. The van der Waals surface area contributed by atoms with E-state index in [0.29, 0.717) is 24.8 Å². The van der Waals surface area contributed by atoms with Gasteiger partial charge in [-0.1, -0.05) is 40.7 Å². The molecule has 0 unspecified atom stereocenters. The summed E-state index contributed by atoms with van der Waals surface area (Å²) in [5.41, 5.74) is 2.42. The number of halogens is 1. The number of rotatable bonds is 10. The molecule has 1 aromatic rings. The molecule has 0 atom stereocenters. The summed E-state index contributed by atoms with van der Waals surface area (Å²) in [6.45, 7) is 20.0. The van der Waals surface area contributed by atoms with Crippen LogP contribution in [0.15, 0.2) is 47.4 Å². The molecule has 3 heterocycles. The van der Waals surface area contributed by atoms with E-state index in [1.54, 1.807) is 12.4 Å². The van der Waals surface area contributed by atoms with Gasteiger partial charge >= 0.3 is 0 Å². The molecule has 8 nitrogen and oxygen atoms in total. The fourth-order valence-corrected chi connectivity index (χ4v) is 4.33. The van der Waals surface area contributed by atoms with Crippen LogP contribution in [0.1, 0.15) is 53.0 Å². The first-order valence-electron chi connectivity index (χ1n) is 14.0. The van der Waals surface area contributed by atoms with Gasteiger partial charge in [-0.05, 0) is 44.7 Å². The van der Waals surface area contributed by atoms with Crippen LogP contribution >= 0.6 is 0 Å². The zero-order chi connectivity index (χ0) is 28.9. The van der Waals surface area contributed by atoms with Gasteiger partial charge in [-0.3, -0.25) is 0 Å². The highest BCUT2D eigenvalue weighted by Crippen LogP contribution is 2.26. The fraction of sp³-hybridized carbons (Fsp3) is 0.567. The maximum absolute atomic E-state index is 15.1. The number of likely N-dealkylation sites (N-methyl/N-ethyl adjacent to an activating group) is 2. The Morgan fingerprint density at radius 2 is 1.90 bits per heavy atom. The molecule has 0 saturated carbocycles. The lowest BCUT2D eigenvalue weighted by Crippen LogP contribution is -2.45. The third-order valence-electron chi connectivity index (χ3n) is 6.71. The average molecular weight is 539 g/mol. The Kier molecular flexibility index (Phi) is 13.0. The van der Waals surface area contributed by atoms with Crippen molar-refractivity contribution < 1.29 is 4.39 Å². The van der Waals surface area contributed by atoms with E-state index in [1.165, 1.54) is 12.5 Å². The van der Waals surface area contributed by atoms with Crippen molar-refractivity contribution in [2.24, 2.45) is 10.9 Å². The molecule has 1 N–H and O–H groups in total. The number of hydrogen-bond donors (Lipinski definition) is 1. The normalized spacial score (nSPS) is 16.3. The van der Waals surface area contributed by atoms with Crippen molar-refractivity contribution >= 4 is 17.5 Å². The number of allylic oxidation sites excluding steroid dienone is 1. The third kappa shape index (κ3) is 9.10. The highest BCUT2D eigenvalue weighted by Gasteiger charge is 2.23. The molecule has 2 aliphatic rings. The molecule has 0 amide bonds. The Labute approximate surface area is 235 Å². The van der Waals surface area contributed by atoms with Gasteiger partial charge in [-0.25, -0.2) is 14.4 Å². The minimum atomic E-state index is -0.473. The van der Waals surface area contributed by atoms with Gasteiger partial charge < -0.3 is 24.9 Å². The lowest BCUT2D eigenvalue weighted by Gasteiger charge is -2.34. The smallest absolute Gasteiger partial charge is 0.167 e. The van der Waals surface area contributed by atoms with Crippen LogP contribution in [-0.2, 0) is 0 Å². The van der Waals surface area contributed by atoms with Gasteiger partial charge in [-0.15, -0.1) is 0 Å². The SMILES string of the molecule is C=CNC1=NC=C/C1=C(/C)N(CCC(C)C)CCN(C)c1nc(N2CCN(C)CC2)c(C#N)cc1F.CCC. The van der Waals surface area contributed by atoms with E-state index in [0.717, 1.165) is 56.3 Å². The van der Waals surface area contributed by atoms with E-state index in [2.05, 4.69) is 84.3 Å². The molecule has 39 heavy (non-hydrogen) atoms. The number of piperazine rings is 1. The molecule has 9 heteroatoms. The number of nitrogens with one attached hydrogen (secondary N) is 1. The van der Waals surface area contributed by atoms with E-state index in [9.17, 15) is 5.26 Å². The molecule has 2 aliphatic heterocycles. The van der Waals surface area contributed by atoms with Crippen molar-refractivity contribution in [3.8, 4) is 6.07 Å². The molecule has 214 valence electrons. The molecule has 0 radical (unpaired) electrons. The summed E-state index contributed by atoms with van der Waals surface area (Å²) in [7, 11) is 3.93. The molecule has 0 bridgehead atoms. The fourth-order valence-electron chi connectivity index (χ4n) is 4.33. The highest BCUT2D eigenvalue weighted by molar-refractivity contribution is 6.04. The van der Waals surface area contributed by atoms with Crippen LogP contribution < -0.4 is 15.1 Å². The number of amidine groups is 1. The van der Waals surface area contributed by atoms with E-state index < -0.39 is 5.82 Å². The lowest BCUT2D eigenvalue weighted by molar-refractivity contribution is 0.312. The maximum Gasteiger partial charge on any atom is 0.167 e. The van der Waals surface area contributed by atoms with Crippen molar-refractivity contribution in [1.29, 1.82) is 5.26 Å². The van der Waals surface area contributed by atoms with Crippen molar-refractivity contribution in [2.45, 2.75) is 47.5 Å². The first-order chi connectivity index (χ1) is 18.7. The minimum absolute atomic E-state index is 0.272. The minimum Gasteiger partial charge on any atom is -0.373 e. The first-order valence-corrected chi connectivity index (χ1v) is 14.0. The number of nitrogens with zero attached hydrogens (tertiary/aromatic N) is 7. The van der Waals surface area contributed by atoms with Crippen molar-refractivity contribution in [2.75, 3.05) is 69.7 Å². The molecule has 3 rings (SSSR count). The van der Waals surface area contributed by atoms with E-state index in [-0.39, 0.29) is 11.4 Å². The van der Waals surface area contributed by atoms with Crippen molar-refractivity contribution in [1.82, 2.24) is 20.1 Å². The number of hydrogen-bond acceptors (Lipinski definition) is 8. The molecule has 0 aliphatic carbocycles. The molecular formula is C30H47FN8. The highest BCUT2D eigenvalue weighted by atomic mass is 19.1. The van der Waals surface area contributed by atoms with Crippen LogP contribution in [0.3, 0.4) is 0 Å². The summed E-state index contributed by atoms with van der Waals surface area (Å²) >= 11 is 0. The van der Waals surface area contributed by atoms with Gasteiger partial charge in [0.25, 0.3) is 0 Å². The Hall–Kier alpha value is -3.38. The maximum atomic E-state index is 15.1. The zero-order valence-corrected chi connectivity index (χ0v) is 25.0. The van der Waals surface area contributed by atoms with Crippen molar-refractivity contribution in [3.63, 3.8) is 0 Å². The average Bonchev–Trinajstić information content (AvgIpc) is 3.37. The molecule has 0 spiro atoms. The van der Waals surface area contributed by atoms with Gasteiger partial charge in [0.15, 0.2) is 11.6 Å². The summed E-state index contributed by atoms with van der Waals surface area (Å²) < 4.78 is 15.1. The molecule has 1 fully saturated rings. The predicted molar refractivity (Wildman–Crippen MR) is 161 cm³/mol. The zero-order valence-electron chi connectivity index (χ0n) is 25.0. The standard InChI is InChI=1S/C27H39FN8.C3H8/c1-7-30-25-23(8-10-31-25)21(4)35(11-9-20(2)3)17-14-34(6)27-24(28)18-22(19-29)26(32-27)36-15-12-33(5)13-16-36;1-3-2/h7-8,10,18,20H,1,9,11-17H2,2-6H3,(H,30,31);3H2,1-2H3/b23-21+;. The predicted octanol–water partition coefficient (Wildman–Crippen LogP) is 4.98. The summed E-state index contributed by atoms with van der Waals surface area (Å²) in [5.74, 6) is 1.70.